The molecule has 2 heteroatoms. The average Bonchev–Trinajstić information content (AvgIpc) is 2.85. The second kappa shape index (κ2) is 6.30. The molecule has 0 spiro atoms. The standard InChI is InChI=1S/C14H27NS/c1-3-11-6-8-12(9-7-11)14(15-2)13-5-4-10-16-13/h11-15H,3-10H2,1-2H3. The number of thioether (sulfide) groups is 1. The van der Waals surface area contributed by atoms with Crippen molar-refractivity contribution >= 4 is 11.8 Å². The first kappa shape index (κ1) is 12.8. The van der Waals surface area contributed by atoms with E-state index < -0.39 is 0 Å². The van der Waals surface area contributed by atoms with Crippen LogP contribution < -0.4 is 5.32 Å². The quantitative estimate of drug-likeness (QED) is 0.805. The molecule has 1 heterocycles. The SMILES string of the molecule is CCC1CCC(C(NC)C2CCCS2)CC1. The molecule has 16 heavy (non-hydrogen) atoms. The molecule has 2 aliphatic rings. The summed E-state index contributed by atoms with van der Waals surface area (Å²) < 4.78 is 0. The molecule has 0 aromatic heterocycles. The lowest BCUT2D eigenvalue weighted by atomic mass is 9.76. The summed E-state index contributed by atoms with van der Waals surface area (Å²) in [5.41, 5.74) is 0. The summed E-state index contributed by atoms with van der Waals surface area (Å²) in [6.07, 6.45) is 10.2. The van der Waals surface area contributed by atoms with Gasteiger partial charge in [0, 0.05) is 11.3 Å². The van der Waals surface area contributed by atoms with Crippen molar-refractivity contribution in [2.24, 2.45) is 11.8 Å². The van der Waals surface area contributed by atoms with Crippen molar-refractivity contribution in [1.29, 1.82) is 0 Å². The van der Waals surface area contributed by atoms with Gasteiger partial charge >= 0.3 is 0 Å². The molecule has 1 N–H and O–H groups in total. The molecule has 0 bridgehead atoms. The smallest absolute Gasteiger partial charge is 0.0211 e. The van der Waals surface area contributed by atoms with E-state index in [1.54, 1.807) is 0 Å². The Morgan fingerprint density at radius 2 is 1.94 bits per heavy atom. The van der Waals surface area contributed by atoms with Crippen LogP contribution in [0.4, 0.5) is 0 Å². The predicted molar refractivity (Wildman–Crippen MR) is 74.1 cm³/mol. The minimum absolute atomic E-state index is 0.797. The molecule has 2 atom stereocenters. The van der Waals surface area contributed by atoms with Gasteiger partial charge in [0.05, 0.1) is 0 Å². The zero-order chi connectivity index (χ0) is 11.4. The highest BCUT2D eigenvalue weighted by molar-refractivity contribution is 8.00. The molecule has 2 fully saturated rings. The zero-order valence-electron chi connectivity index (χ0n) is 10.9. The van der Waals surface area contributed by atoms with Gasteiger partial charge < -0.3 is 5.32 Å². The molecular weight excluding hydrogens is 214 g/mol. The van der Waals surface area contributed by atoms with Crippen molar-refractivity contribution < 1.29 is 0 Å². The van der Waals surface area contributed by atoms with E-state index >= 15 is 0 Å². The number of rotatable bonds is 4. The summed E-state index contributed by atoms with van der Waals surface area (Å²) in [5.74, 6) is 3.39. The van der Waals surface area contributed by atoms with Crippen LogP contribution in [0.3, 0.4) is 0 Å². The Labute approximate surface area is 105 Å². The van der Waals surface area contributed by atoms with Crippen LogP contribution in [0.1, 0.15) is 51.9 Å². The zero-order valence-corrected chi connectivity index (χ0v) is 11.7. The molecule has 0 aromatic rings. The Morgan fingerprint density at radius 1 is 1.19 bits per heavy atom. The van der Waals surface area contributed by atoms with Crippen LogP contribution in [0.15, 0.2) is 0 Å². The summed E-state index contributed by atoms with van der Waals surface area (Å²) in [7, 11) is 2.18. The van der Waals surface area contributed by atoms with Crippen LogP contribution in [0.5, 0.6) is 0 Å². The first-order valence-corrected chi connectivity index (χ1v) is 8.19. The van der Waals surface area contributed by atoms with Gasteiger partial charge in [0.2, 0.25) is 0 Å². The molecule has 2 rings (SSSR count). The lowest BCUT2D eigenvalue weighted by Gasteiger charge is -2.36. The number of hydrogen-bond donors (Lipinski definition) is 1. The lowest BCUT2D eigenvalue weighted by Crippen LogP contribution is -2.42. The van der Waals surface area contributed by atoms with Crippen LogP contribution >= 0.6 is 11.8 Å². The molecule has 1 nitrogen and oxygen atoms in total. The van der Waals surface area contributed by atoms with E-state index in [9.17, 15) is 0 Å². The third-order valence-corrected chi connectivity index (χ3v) is 6.16. The fourth-order valence-electron chi connectivity index (χ4n) is 3.57. The highest BCUT2D eigenvalue weighted by Gasteiger charge is 2.33. The molecule has 1 aliphatic heterocycles. The Hall–Kier alpha value is 0.310. The lowest BCUT2D eigenvalue weighted by molar-refractivity contribution is 0.219. The van der Waals surface area contributed by atoms with E-state index in [-0.39, 0.29) is 0 Å². The van der Waals surface area contributed by atoms with Gasteiger partial charge in [-0.3, -0.25) is 0 Å². The summed E-state index contributed by atoms with van der Waals surface area (Å²) in [4.78, 5) is 0. The van der Waals surface area contributed by atoms with Gasteiger partial charge in [-0.25, -0.2) is 0 Å². The van der Waals surface area contributed by atoms with Crippen LogP contribution in [0.25, 0.3) is 0 Å². The predicted octanol–water partition coefficient (Wildman–Crippen LogP) is 3.69. The minimum Gasteiger partial charge on any atom is -0.316 e. The maximum atomic E-state index is 3.63. The van der Waals surface area contributed by atoms with E-state index in [4.69, 9.17) is 0 Å². The maximum absolute atomic E-state index is 3.63. The van der Waals surface area contributed by atoms with Crippen LogP contribution in [0, 0.1) is 11.8 Å². The average molecular weight is 241 g/mol. The van der Waals surface area contributed by atoms with E-state index in [2.05, 4.69) is 31.1 Å². The first-order valence-electron chi connectivity index (χ1n) is 7.14. The molecule has 0 radical (unpaired) electrons. The van der Waals surface area contributed by atoms with Crippen LogP contribution in [0.2, 0.25) is 0 Å². The third-order valence-electron chi connectivity index (χ3n) is 4.68. The monoisotopic (exact) mass is 241 g/mol. The van der Waals surface area contributed by atoms with E-state index in [1.807, 2.05) is 0 Å². The van der Waals surface area contributed by atoms with Gasteiger partial charge in [-0.05, 0) is 50.3 Å². The molecule has 0 amide bonds. The van der Waals surface area contributed by atoms with Crippen molar-refractivity contribution in [2.45, 2.75) is 63.2 Å². The van der Waals surface area contributed by atoms with E-state index in [0.29, 0.717) is 0 Å². The second-order valence-electron chi connectivity index (χ2n) is 5.55. The van der Waals surface area contributed by atoms with E-state index in [1.165, 1.54) is 50.7 Å². The second-order valence-corrected chi connectivity index (χ2v) is 6.90. The fourth-order valence-corrected chi connectivity index (χ4v) is 5.10. The van der Waals surface area contributed by atoms with Crippen molar-refractivity contribution in [1.82, 2.24) is 5.32 Å². The Morgan fingerprint density at radius 3 is 2.44 bits per heavy atom. The Bertz CT molecular complexity index is 193. The number of hydrogen-bond acceptors (Lipinski definition) is 2. The normalized spacial score (nSPS) is 37.5. The number of nitrogens with one attached hydrogen (secondary N) is 1. The summed E-state index contributed by atoms with van der Waals surface area (Å²) in [6.45, 7) is 2.35. The fraction of sp³-hybridized carbons (Fsp3) is 1.00. The molecule has 94 valence electrons. The molecule has 1 saturated heterocycles. The summed E-state index contributed by atoms with van der Waals surface area (Å²) in [5, 5.41) is 4.54. The van der Waals surface area contributed by atoms with Gasteiger partial charge in [0.25, 0.3) is 0 Å². The van der Waals surface area contributed by atoms with Gasteiger partial charge in [-0.15, -0.1) is 0 Å². The maximum Gasteiger partial charge on any atom is 0.0211 e. The molecule has 1 aliphatic carbocycles. The highest BCUT2D eigenvalue weighted by atomic mass is 32.2. The highest BCUT2D eigenvalue weighted by Crippen LogP contribution is 2.38. The van der Waals surface area contributed by atoms with Crippen molar-refractivity contribution in [2.75, 3.05) is 12.8 Å². The van der Waals surface area contributed by atoms with Gasteiger partial charge in [-0.1, -0.05) is 26.2 Å². The van der Waals surface area contributed by atoms with Crippen molar-refractivity contribution in [3.05, 3.63) is 0 Å². The largest absolute Gasteiger partial charge is 0.316 e. The minimum atomic E-state index is 0.797. The molecular formula is C14H27NS. The van der Waals surface area contributed by atoms with Crippen molar-refractivity contribution in [3.8, 4) is 0 Å². The van der Waals surface area contributed by atoms with Crippen LogP contribution in [-0.2, 0) is 0 Å². The molecule has 2 unspecified atom stereocenters. The van der Waals surface area contributed by atoms with Gasteiger partial charge in [0.15, 0.2) is 0 Å². The van der Waals surface area contributed by atoms with Gasteiger partial charge in [0.1, 0.15) is 0 Å². The first-order chi connectivity index (χ1) is 7.85. The third kappa shape index (κ3) is 2.95. The van der Waals surface area contributed by atoms with Gasteiger partial charge in [-0.2, -0.15) is 11.8 Å². The van der Waals surface area contributed by atoms with Crippen molar-refractivity contribution in [3.63, 3.8) is 0 Å². The van der Waals surface area contributed by atoms with E-state index in [0.717, 1.165) is 23.1 Å². The Balaban J connectivity index is 1.85. The summed E-state index contributed by atoms with van der Waals surface area (Å²) in [6, 6.07) is 0.797. The molecule has 0 aromatic carbocycles. The Kier molecular flexibility index (Phi) is 5.02. The molecule has 1 saturated carbocycles. The van der Waals surface area contributed by atoms with Crippen LogP contribution in [-0.4, -0.2) is 24.1 Å². The summed E-state index contributed by atoms with van der Waals surface area (Å²) >= 11 is 2.21. The topological polar surface area (TPSA) is 12.0 Å².